The first-order valence-electron chi connectivity index (χ1n) is 12.8. The first-order valence-corrected chi connectivity index (χ1v) is 12.8. The molecule has 0 atom stereocenters. The van der Waals surface area contributed by atoms with Crippen molar-refractivity contribution < 1.29 is 18.3 Å². The third-order valence-electron chi connectivity index (χ3n) is 6.74. The molecule has 0 fully saturated rings. The van der Waals surface area contributed by atoms with Crippen LogP contribution in [0.1, 0.15) is 30.2 Å². The number of nitrogens with zero attached hydrogens (tertiary/aromatic N) is 5. The minimum atomic E-state index is -0.687. The molecule has 8 nitrogen and oxygen atoms in total. The Morgan fingerprint density at radius 2 is 1.85 bits per heavy atom. The lowest BCUT2D eigenvalue weighted by Gasteiger charge is -2.12. The highest BCUT2D eigenvalue weighted by Gasteiger charge is 2.24. The summed E-state index contributed by atoms with van der Waals surface area (Å²) >= 11 is 0. The van der Waals surface area contributed by atoms with Crippen LogP contribution >= 0.6 is 0 Å². The maximum atomic E-state index is 14.9. The third kappa shape index (κ3) is 4.73. The van der Waals surface area contributed by atoms with Gasteiger partial charge in [0.05, 0.1) is 25.8 Å². The lowest BCUT2D eigenvalue weighted by molar-refractivity contribution is 0.335. The predicted octanol–water partition coefficient (Wildman–Crippen LogP) is 5.85. The normalized spacial score (nSPS) is 12.5. The Labute approximate surface area is 223 Å². The number of pyridine rings is 1. The van der Waals surface area contributed by atoms with Gasteiger partial charge in [-0.1, -0.05) is 18.2 Å². The van der Waals surface area contributed by atoms with Crippen LogP contribution in [0.2, 0.25) is 0 Å². The van der Waals surface area contributed by atoms with Gasteiger partial charge in [0.1, 0.15) is 28.9 Å². The fraction of sp³-hybridized carbons (Fsp3) is 0.241. The molecule has 10 heteroatoms. The van der Waals surface area contributed by atoms with E-state index < -0.39 is 11.6 Å². The van der Waals surface area contributed by atoms with Gasteiger partial charge in [0.25, 0.3) is 0 Å². The Bertz CT molecular complexity index is 1660. The van der Waals surface area contributed by atoms with Gasteiger partial charge in [-0.05, 0) is 38.3 Å². The molecule has 0 saturated heterocycles. The van der Waals surface area contributed by atoms with Crippen molar-refractivity contribution in [1.29, 1.82) is 0 Å². The van der Waals surface area contributed by atoms with Crippen LogP contribution in [0.3, 0.4) is 0 Å². The Morgan fingerprint density at radius 1 is 1.03 bits per heavy atom. The number of para-hydroxylation sites is 1. The maximum Gasteiger partial charge on any atom is 0.214 e. The molecule has 1 aliphatic carbocycles. The van der Waals surface area contributed by atoms with Gasteiger partial charge in [-0.2, -0.15) is 5.10 Å². The van der Waals surface area contributed by atoms with Crippen LogP contribution in [0.5, 0.6) is 11.6 Å². The van der Waals surface area contributed by atoms with Gasteiger partial charge < -0.3 is 14.8 Å². The van der Waals surface area contributed by atoms with Crippen LogP contribution in [0.25, 0.3) is 22.4 Å². The first-order chi connectivity index (χ1) is 19.0. The summed E-state index contributed by atoms with van der Waals surface area (Å²) in [4.78, 5) is 13.9. The highest BCUT2D eigenvalue weighted by atomic mass is 19.1. The summed E-state index contributed by atoms with van der Waals surface area (Å²) in [6.45, 7) is 1.98. The Balaban J connectivity index is 1.42. The van der Waals surface area contributed by atoms with E-state index in [1.54, 1.807) is 31.0 Å². The number of nitrogens with one attached hydrogen (secondary N) is 1. The molecule has 0 spiro atoms. The number of aryl methyl sites for hydroxylation is 1. The van der Waals surface area contributed by atoms with E-state index in [1.807, 2.05) is 30.3 Å². The van der Waals surface area contributed by atoms with Crippen molar-refractivity contribution in [3.63, 3.8) is 0 Å². The quantitative estimate of drug-likeness (QED) is 0.270. The van der Waals surface area contributed by atoms with Gasteiger partial charge in [-0.15, -0.1) is 0 Å². The van der Waals surface area contributed by atoms with E-state index in [2.05, 4.69) is 10.3 Å². The maximum absolute atomic E-state index is 14.9. The monoisotopic (exact) mass is 528 g/mol. The molecule has 0 saturated carbocycles. The molecule has 2 aromatic carbocycles. The molecule has 0 bridgehead atoms. The molecule has 0 radical (unpaired) electrons. The molecule has 0 aliphatic heterocycles. The Hall–Kier alpha value is -4.60. The van der Waals surface area contributed by atoms with Crippen LogP contribution in [-0.4, -0.2) is 38.4 Å². The smallest absolute Gasteiger partial charge is 0.214 e. The third-order valence-corrected chi connectivity index (χ3v) is 6.74. The van der Waals surface area contributed by atoms with Crippen molar-refractivity contribution in [3.05, 3.63) is 83.2 Å². The molecule has 1 N–H and O–H groups in total. The molecule has 6 rings (SSSR count). The summed E-state index contributed by atoms with van der Waals surface area (Å²) in [6, 6.07) is 13.6. The first kappa shape index (κ1) is 24.7. The van der Waals surface area contributed by atoms with E-state index in [-0.39, 0.29) is 17.9 Å². The zero-order chi connectivity index (χ0) is 26.9. The van der Waals surface area contributed by atoms with E-state index >= 15 is 0 Å². The molecular formula is C29H26F2N6O2. The highest BCUT2D eigenvalue weighted by Crippen LogP contribution is 2.34. The second-order valence-electron chi connectivity index (χ2n) is 9.21. The fourth-order valence-corrected chi connectivity index (χ4v) is 4.92. The van der Waals surface area contributed by atoms with Gasteiger partial charge >= 0.3 is 0 Å². The van der Waals surface area contributed by atoms with Gasteiger partial charge in [0, 0.05) is 52.3 Å². The number of rotatable bonds is 8. The van der Waals surface area contributed by atoms with Crippen LogP contribution in [0, 0.1) is 11.6 Å². The number of fused-ring (bicyclic) bond motifs is 2. The van der Waals surface area contributed by atoms with Crippen molar-refractivity contribution in [3.8, 4) is 23.1 Å². The lowest BCUT2D eigenvalue weighted by Crippen LogP contribution is -2.08. The van der Waals surface area contributed by atoms with E-state index in [9.17, 15) is 8.78 Å². The summed E-state index contributed by atoms with van der Waals surface area (Å²) in [5, 5.41) is 8.95. The molecular weight excluding hydrogens is 502 g/mol. The summed E-state index contributed by atoms with van der Waals surface area (Å²) in [5.74, 6) is 0.412. The minimum absolute atomic E-state index is 0.0953. The SMILES string of the molecule is CCOc1cc(F)c(Cn2nc(-c3nc4c(c(Nc5ccnc(OC)c5)n3)CCC4)c3ccccc32)c(F)c1. The number of ether oxygens (including phenoxy) is 2. The highest BCUT2D eigenvalue weighted by molar-refractivity contribution is 5.92. The van der Waals surface area contributed by atoms with E-state index in [0.717, 1.165) is 47.1 Å². The number of aromatic nitrogens is 5. The van der Waals surface area contributed by atoms with Crippen LogP contribution in [0.15, 0.2) is 54.7 Å². The molecule has 3 heterocycles. The molecule has 198 valence electrons. The standard InChI is InChI=1S/C29H26F2N6O2/c1-3-39-18-14-22(30)21(23(31)15-18)16-37-25-10-5-4-7-20(25)27(36-37)29-34-24-9-6-8-19(24)28(35-29)33-17-11-12-32-26(13-17)38-2/h4-5,7,10-15H,3,6,8-9,16H2,1-2H3,(H,32,33,34,35). The average Bonchev–Trinajstić information content (AvgIpc) is 3.56. The molecule has 1 aliphatic rings. The van der Waals surface area contributed by atoms with Gasteiger partial charge in [0.15, 0.2) is 5.82 Å². The van der Waals surface area contributed by atoms with E-state index in [1.165, 1.54) is 12.1 Å². The summed E-state index contributed by atoms with van der Waals surface area (Å²) < 4.78 is 41.9. The number of halogens is 2. The van der Waals surface area contributed by atoms with E-state index in [4.69, 9.17) is 24.5 Å². The fourth-order valence-electron chi connectivity index (χ4n) is 4.92. The number of hydrogen-bond donors (Lipinski definition) is 1. The van der Waals surface area contributed by atoms with Crippen LogP contribution < -0.4 is 14.8 Å². The Morgan fingerprint density at radius 3 is 2.64 bits per heavy atom. The molecule has 0 amide bonds. The molecule has 5 aromatic rings. The second-order valence-corrected chi connectivity index (χ2v) is 9.21. The summed E-state index contributed by atoms with van der Waals surface area (Å²) in [7, 11) is 1.57. The largest absolute Gasteiger partial charge is 0.494 e. The number of anilines is 2. The predicted molar refractivity (Wildman–Crippen MR) is 143 cm³/mol. The van der Waals surface area contributed by atoms with Crippen LogP contribution in [-0.2, 0) is 19.4 Å². The van der Waals surface area contributed by atoms with Crippen molar-refractivity contribution in [1.82, 2.24) is 24.7 Å². The van der Waals surface area contributed by atoms with E-state index in [0.29, 0.717) is 29.8 Å². The van der Waals surface area contributed by atoms with Gasteiger partial charge in [-0.3, -0.25) is 4.68 Å². The topological polar surface area (TPSA) is 87.0 Å². The summed E-state index contributed by atoms with van der Waals surface area (Å²) in [5.41, 5.74) is 3.99. The molecule has 3 aromatic heterocycles. The zero-order valence-electron chi connectivity index (χ0n) is 21.5. The molecule has 0 unspecified atom stereocenters. The summed E-state index contributed by atoms with van der Waals surface area (Å²) in [6.07, 6.45) is 4.34. The van der Waals surface area contributed by atoms with Crippen molar-refractivity contribution >= 4 is 22.4 Å². The number of methoxy groups -OCH3 is 1. The molecule has 39 heavy (non-hydrogen) atoms. The number of benzene rings is 2. The zero-order valence-corrected chi connectivity index (χ0v) is 21.5. The van der Waals surface area contributed by atoms with Crippen molar-refractivity contribution in [2.75, 3.05) is 19.0 Å². The van der Waals surface area contributed by atoms with Gasteiger partial charge in [0.2, 0.25) is 5.88 Å². The van der Waals surface area contributed by atoms with Crippen molar-refractivity contribution in [2.45, 2.75) is 32.7 Å². The minimum Gasteiger partial charge on any atom is -0.494 e. The van der Waals surface area contributed by atoms with Crippen molar-refractivity contribution in [2.24, 2.45) is 0 Å². The average molecular weight is 529 g/mol. The Kier molecular flexibility index (Phi) is 6.52. The number of hydrogen-bond acceptors (Lipinski definition) is 7. The second kappa shape index (κ2) is 10.3. The van der Waals surface area contributed by atoms with Gasteiger partial charge in [-0.25, -0.2) is 23.7 Å². The lowest BCUT2D eigenvalue weighted by atomic mass is 10.1. The van der Waals surface area contributed by atoms with Crippen LogP contribution in [0.4, 0.5) is 20.3 Å².